The largest absolute Gasteiger partial charge is 0.417 e. The summed E-state index contributed by atoms with van der Waals surface area (Å²) in [6, 6.07) is 3.22. The number of benzene rings is 1. The maximum atomic E-state index is 14.1. The summed E-state index contributed by atoms with van der Waals surface area (Å²) in [5.74, 6) is -2.49. The Kier molecular flexibility index (Phi) is 5.15. The molecule has 1 aromatic carbocycles. The second kappa shape index (κ2) is 7.17. The molecular weight excluding hydrogens is 419 g/mol. The first-order chi connectivity index (χ1) is 13.5. The van der Waals surface area contributed by atoms with Gasteiger partial charge in [-0.15, -0.1) is 10.2 Å². The molecule has 0 aliphatic rings. The molecule has 0 unspecified atom stereocenters. The number of rotatable bonds is 4. The first-order valence-electron chi connectivity index (χ1n) is 8.11. The Bertz CT molecular complexity index is 1190. The van der Waals surface area contributed by atoms with E-state index >= 15 is 0 Å². The fraction of sp³-hybridized carbons (Fsp3) is 0.235. The Hall–Kier alpha value is -2.89. The van der Waals surface area contributed by atoms with Gasteiger partial charge in [0.15, 0.2) is 21.5 Å². The monoisotopic (exact) mass is 432 g/mol. The van der Waals surface area contributed by atoms with Crippen LogP contribution in [0, 0.1) is 11.6 Å². The van der Waals surface area contributed by atoms with E-state index in [4.69, 9.17) is 0 Å². The van der Waals surface area contributed by atoms with E-state index in [2.05, 4.69) is 15.2 Å². The maximum Gasteiger partial charge on any atom is 0.417 e. The van der Waals surface area contributed by atoms with Gasteiger partial charge in [0.2, 0.25) is 0 Å². The molecule has 0 radical (unpaired) electrons. The van der Waals surface area contributed by atoms with Crippen molar-refractivity contribution in [3.63, 3.8) is 0 Å². The summed E-state index contributed by atoms with van der Waals surface area (Å²) in [6.45, 7) is 1.27. The van der Waals surface area contributed by atoms with E-state index in [-0.39, 0.29) is 22.9 Å². The van der Waals surface area contributed by atoms with Gasteiger partial charge < -0.3 is 4.57 Å². The molecule has 154 valence electrons. The molecule has 0 atom stereocenters. The zero-order chi connectivity index (χ0) is 21.6. The molecule has 2 aromatic heterocycles. The van der Waals surface area contributed by atoms with Crippen molar-refractivity contribution < 1.29 is 30.4 Å². The van der Waals surface area contributed by atoms with Gasteiger partial charge in [-0.3, -0.25) is 4.98 Å². The van der Waals surface area contributed by atoms with Crippen molar-refractivity contribution in [1.82, 2.24) is 19.7 Å². The standard InChI is InChI=1S/C17H13F5N4O2S/c1-3-29(27,28)13-6-9(17(20,21)22)8-23-14(13)16-25-24-15(26(16)2)11-5-4-10(18)7-12(11)19/h4-8H,3H2,1-2H3. The van der Waals surface area contributed by atoms with Crippen LogP contribution in [0.5, 0.6) is 0 Å². The molecule has 0 N–H and O–H groups in total. The van der Waals surface area contributed by atoms with Crippen LogP contribution in [0.25, 0.3) is 22.9 Å². The average molecular weight is 432 g/mol. The normalized spacial score (nSPS) is 12.4. The van der Waals surface area contributed by atoms with Gasteiger partial charge in [-0.25, -0.2) is 17.2 Å². The van der Waals surface area contributed by atoms with Crippen molar-refractivity contribution >= 4 is 9.84 Å². The van der Waals surface area contributed by atoms with Crippen LogP contribution in [-0.2, 0) is 23.1 Å². The molecule has 0 saturated heterocycles. The second-order valence-electron chi connectivity index (χ2n) is 6.00. The number of halogens is 5. The van der Waals surface area contributed by atoms with Gasteiger partial charge in [0, 0.05) is 19.3 Å². The summed E-state index contributed by atoms with van der Waals surface area (Å²) >= 11 is 0. The van der Waals surface area contributed by atoms with Gasteiger partial charge in [0.05, 0.1) is 21.8 Å². The molecular formula is C17H13F5N4O2S. The van der Waals surface area contributed by atoms with Gasteiger partial charge in [-0.2, -0.15) is 13.2 Å². The summed E-state index contributed by atoms with van der Waals surface area (Å²) in [6.07, 6.45) is -4.32. The minimum atomic E-state index is -4.80. The Morgan fingerprint density at radius 3 is 2.31 bits per heavy atom. The molecule has 0 aliphatic heterocycles. The van der Waals surface area contributed by atoms with Gasteiger partial charge in [0.25, 0.3) is 0 Å². The highest BCUT2D eigenvalue weighted by atomic mass is 32.2. The SMILES string of the molecule is CCS(=O)(=O)c1cc(C(F)(F)F)cnc1-c1nnc(-c2ccc(F)cc2F)n1C. The van der Waals surface area contributed by atoms with Crippen LogP contribution in [0.1, 0.15) is 12.5 Å². The lowest BCUT2D eigenvalue weighted by atomic mass is 10.2. The number of alkyl halides is 3. The maximum absolute atomic E-state index is 14.1. The lowest BCUT2D eigenvalue weighted by Gasteiger charge is -2.12. The van der Waals surface area contributed by atoms with Crippen LogP contribution in [0.2, 0.25) is 0 Å². The summed E-state index contributed by atoms with van der Waals surface area (Å²) in [7, 11) is -2.76. The van der Waals surface area contributed by atoms with Crippen LogP contribution in [0.4, 0.5) is 22.0 Å². The zero-order valence-electron chi connectivity index (χ0n) is 15.0. The highest BCUT2D eigenvalue weighted by molar-refractivity contribution is 7.91. The van der Waals surface area contributed by atoms with E-state index < -0.39 is 43.9 Å². The fourth-order valence-electron chi connectivity index (χ4n) is 2.60. The van der Waals surface area contributed by atoms with Crippen molar-refractivity contribution in [2.75, 3.05) is 5.75 Å². The molecule has 12 heteroatoms. The van der Waals surface area contributed by atoms with E-state index in [1.54, 1.807) is 0 Å². The highest BCUT2D eigenvalue weighted by Gasteiger charge is 2.34. The Labute approximate surface area is 162 Å². The summed E-state index contributed by atoms with van der Waals surface area (Å²) < 4.78 is 92.3. The van der Waals surface area contributed by atoms with Gasteiger partial charge >= 0.3 is 6.18 Å². The predicted octanol–water partition coefficient (Wildman–Crippen LogP) is 3.63. The number of pyridine rings is 1. The van der Waals surface area contributed by atoms with Crippen LogP contribution in [0.3, 0.4) is 0 Å². The third-order valence-corrected chi connectivity index (χ3v) is 5.90. The number of aromatic nitrogens is 4. The van der Waals surface area contributed by atoms with E-state index in [9.17, 15) is 30.4 Å². The molecule has 0 aliphatic carbocycles. The van der Waals surface area contributed by atoms with Crippen molar-refractivity contribution in [1.29, 1.82) is 0 Å². The molecule has 0 spiro atoms. The Morgan fingerprint density at radius 2 is 1.72 bits per heavy atom. The number of sulfone groups is 1. The molecule has 3 aromatic rings. The molecule has 0 fully saturated rings. The molecule has 6 nitrogen and oxygen atoms in total. The first kappa shape index (κ1) is 20.8. The Balaban J connectivity index is 2.23. The minimum absolute atomic E-state index is 0.0842. The third-order valence-electron chi connectivity index (χ3n) is 4.15. The lowest BCUT2D eigenvalue weighted by molar-refractivity contribution is -0.138. The molecule has 0 saturated carbocycles. The van der Waals surface area contributed by atoms with Crippen LogP contribution >= 0.6 is 0 Å². The summed E-state index contributed by atoms with van der Waals surface area (Å²) in [4.78, 5) is 2.99. The molecule has 3 rings (SSSR count). The predicted molar refractivity (Wildman–Crippen MR) is 92.3 cm³/mol. The van der Waals surface area contributed by atoms with Crippen LogP contribution < -0.4 is 0 Å². The number of hydrogen-bond acceptors (Lipinski definition) is 5. The molecule has 0 amide bonds. The highest BCUT2D eigenvalue weighted by Crippen LogP contribution is 2.34. The first-order valence-corrected chi connectivity index (χ1v) is 9.76. The minimum Gasteiger partial charge on any atom is -0.309 e. The average Bonchev–Trinajstić information content (AvgIpc) is 3.01. The Morgan fingerprint density at radius 1 is 1.07 bits per heavy atom. The number of hydrogen-bond donors (Lipinski definition) is 0. The second-order valence-corrected chi connectivity index (χ2v) is 8.25. The van der Waals surface area contributed by atoms with E-state index in [1.165, 1.54) is 18.5 Å². The van der Waals surface area contributed by atoms with Crippen LogP contribution in [-0.4, -0.2) is 33.9 Å². The van der Waals surface area contributed by atoms with Gasteiger partial charge in [-0.1, -0.05) is 6.92 Å². The number of nitrogens with zero attached hydrogens (tertiary/aromatic N) is 4. The molecule has 2 heterocycles. The molecule has 29 heavy (non-hydrogen) atoms. The summed E-state index contributed by atoms with van der Waals surface area (Å²) in [5, 5.41) is 7.54. The topological polar surface area (TPSA) is 77.7 Å². The smallest absolute Gasteiger partial charge is 0.309 e. The van der Waals surface area contributed by atoms with E-state index in [0.717, 1.165) is 12.1 Å². The van der Waals surface area contributed by atoms with Gasteiger partial charge in [0.1, 0.15) is 17.3 Å². The van der Waals surface area contributed by atoms with Crippen molar-refractivity contribution in [2.24, 2.45) is 7.05 Å². The van der Waals surface area contributed by atoms with E-state index in [0.29, 0.717) is 18.3 Å². The van der Waals surface area contributed by atoms with Crippen molar-refractivity contribution in [3.05, 3.63) is 47.7 Å². The third kappa shape index (κ3) is 3.84. The van der Waals surface area contributed by atoms with Crippen molar-refractivity contribution in [2.45, 2.75) is 18.0 Å². The van der Waals surface area contributed by atoms with Crippen molar-refractivity contribution in [3.8, 4) is 22.9 Å². The lowest BCUT2D eigenvalue weighted by Crippen LogP contribution is -2.13. The summed E-state index contributed by atoms with van der Waals surface area (Å²) in [5.41, 5.74) is -1.72. The zero-order valence-corrected chi connectivity index (χ0v) is 15.8. The van der Waals surface area contributed by atoms with Gasteiger partial charge in [-0.05, 0) is 18.2 Å². The molecule has 0 bridgehead atoms. The fourth-order valence-corrected chi connectivity index (χ4v) is 3.66. The quantitative estimate of drug-likeness (QED) is 0.589. The van der Waals surface area contributed by atoms with E-state index in [1.807, 2.05) is 0 Å². The van der Waals surface area contributed by atoms with Crippen LogP contribution in [0.15, 0.2) is 35.4 Å².